The summed E-state index contributed by atoms with van der Waals surface area (Å²) in [6.45, 7) is 3.67. The van der Waals surface area contributed by atoms with E-state index in [4.69, 9.17) is 10.5 Å². The Morgan fingerprint density at radius 2 is 2.44 bits per heavy atom. The molecule has 0 aromatic carbocycles. The zero-order valence-electron chi connectivity index (χ0n) is 10.1. The number of hydrogen-bond acceptors (Lipinski definition) is 4. The molecule has 5 heteroatoms. The highest BCUT2D eigenvalue weighted by molar-refractivity contribution is 5.77. The molecule has 0 aromatic rings. The van der Waals surface area contributed by atoms with Crippen molar-refractivity contribution in [1.82, 2.24) is 10.2 Å². The average Bonchev–Trinajstić information content (AvgIpc) is 2.24. The molecule has 0 bridgehead atoms. The predicted molar refractivity (Wildman–Crippen MR) is 63.2 cm³/mol. The summed E-state index contributed by atoms with van der Waals surface area (Å²) in [6, 6.07) is 0.232. The quantitative estimate of drug-likeness (QED) is 0.606. The molecule has 0 spiro atoms. The highest BCUT2D eigenvalue weighted by Gasteiger charge is 2.18. The van der Waals surface area contributed by atoms with E-state index >= 15 is 0 Å². The van der Waals surface area contributed by atoms with E-state index < -0.39 is 0 Å². The van der Waals surface area contributed by atoms with E-state index in [0.29, 0.717) is 19.7 Å². The number of nitrogens with zero attached hydrogens (tertiary/aromatic N) is 1. The first-order chi connectivity index (χ1) is 7.72. The summed E-state index contributed by atoms with van der Waals surface area (Å²) in [5.74, 6) is 0.0882. The van der Waals surface area contributed by atoms with Crippen LogP contribution in [0.2, 0.25) is 0 Å². The van der Waals surface area contributed by atoms with Crippen molar-refractivity contribution in [3.63, 3.8) is 0 Å². The number of likely N-dealkylation sites (tertiary alicyclic amines) is 1. The molecule has 94 valence electrons. The molecule has 0 radical (unpaired) electrons. The first-order valence-electron chi connectivity index (χ1n) is 5.96. The summed E-state index contributed by atoms with van der Waals surface area (Å²) in [4.78, 5) is 13.7. The topological polar surface area (TPSA) is 67.6 Å². The van der Waals surface area contributed by atoms with Crippen molar-refractivity contribution in [2.75, 3.05) is 39.9 Å². The largest absolute Gasteiger partial charge is 0.385 e. The van der Waals surface area contributed by atoms with Crippen molar-refractivity contribution in [2.24, 2.45) is 5.73 Å². The molecule has 1 unspecified atom stereocenters. The lowest BCUT2D eigenvalue weighted by Crippen LogP contribution is -2.47. The summed E-state index contributed by atoms with van der Waals surface area (Å²) < 4.78 is 4.91. The molecule has 0 aliphatic carbocycles. The van der Waals surface area contributed by atoms with Crippen molar-refractivity contribution in [2.45, 2.75) is 25.3 Å². The molecular formula is C11H23N3O2. The van der Waals surface area contributed by atoms with Crippen LogP contribution in [-0.2, 0) is 9.53 Å². The fourth-order valence-electron chi connectivity index (χ4n) is 1.94. The van der Waals surface area contributed by atoms with Gasteiger partial charge in [0.25, 0.3) is 0 Å². The van der Waals surface area contributed by atoms with Crippen LogP contribution in [0.4, 0.5) is 0 Å². The summed E-state index contributed by atoms with van der Waals surface area (Å²) in [6.07, 6.45) is 3.03. The first kappa shape index (κ1) is 13.4. The van der Waals surface area contributed by atoms with Crippen molar-refractivity contribution in [3.8, 4) is 0 Å². The Morgan fingerprint density at radius 1 is 1.62 bits per heavy atom. The van der Waals surface area contributed by atoms with Crippen LogP contribution in [0.25, 0.3) is 0 Å². The molecule has 1 aliphatic heterocycles. The molecule has 1 rings (SSSR count). The predicted octanol–water partition coefficient (Wildman–Crippen LogP) is -0.438. The van der Waals surface area contributed by atoms with E-state index in [1.165, 1.54) is 0 Å². The zero-order valence-corrected chi connectivity index (χ0v) is 10.1. The summed E-state index contributed by atoms with van der Waals surface area (Å²) in [7, 11) is 1.66. The standard InChI is InChI=1S/C11H23N3O2/c1-16-7-3-5-13-11(15)9-14-6-2-4-10(12)8-14/h10H,2-9,12H2,1H3,(H,13,15). The highest BCUT2D eigenvalue weighted by atomic mass is 16.5. The van der Waals surface area contributed by atoms with Crippen LogP contribution in [0.1, 0.15) is 19.3 Å². The van der Waals surface area contributed by atoms with E-state index in [-0.39, 0.29) is 11.9 Å². The lowest BCUT2D eigenvalue weighted by molar-refractivity contribution is -0.122. The van der Waals surface area contributed by atoms with Crippen molar-refractivity contribution < 1.29 is 9.53 Å². The minimum absolute atomic E-state index is 0.0882. The molecule has 5 nitrogen and oxygen atoms in total. The second-order valence-electron chi connectivity index (χ2n) is 4.33. The van der Waals surface area contributed by atoms with Gasteiger partial charge < -0.3 is 15.8 Å². The molecule has 1 heterocycles. The van der Waals surface area contributed by atoms with Gasteiger partial charge in [0.1, 0.15) is 0 Å². The van der Waals surface area contributed by atoms with Crippen LogP contribution in [0.15, 0.2) is 0 Å². The Kier molecular flexibility index (Phi) is 6.37. The molecule has 16 heavy (non-hydrogen) atoms. The number of methoxy groups -OCH3 is 1. The molecule has 1 atom stereocenters. The number of nitrogens with two attached hydrogens (primary N) is 1. The van der Waals surface area contributed by atoms with Crippen LogP contribution >= 0.6 is 0 Å². The van der Waals surface area contributed by atoms with Gasteiger partial charge in [-0.15, -0.1) is 0 Å². The number of ether oxygens (including phenoxy) is 1. The second-order valence-corrected chi connectivity index (χ2v) is 4.33. The third-order valence-corrected chi connectivity index (χ3v) is 2.76. The fourth-order valence-corrected chi connectivity index (χ4v) is 1.94. The molecule has 1 aliphatic rings. The first-order valence-corrected chi connectivity index (χ1v) is 5.96. The van der Waals surface area contributed by atoms with Crippen LogP contribution in [-0.4, -0.2) is 56.7 Å². The second kappa shape index (κ2) is 7.60. The Morgan fingerprint density at radius 3 is 3.12 bits per heavy atom. The van der Waals surface area contributed by atoms with E-state index in [1.54, 1.807) is 7.11 Å². The Bertz CT molecular complexity index is 211. The maximum atomic E-state index is 11.5. The van der Waals surface area contributed by atoms with Gasteiger partial charge in [0.2, 0.25) is 5.91 Å². The van der Waals surface area contributed by atoms with E-state index in [2.05, 4.69) is 10.2 Å². The van der Waals surface area contributed by atoms with Gasteiger partial charge >= 0.3 is 0 Å². The summed E-state index contributed by atoms with van der Waals surface area (Å²) >= 11 is 0. The average molecular weight is 229 g/mol. The van der Waals surface area contributed by atoms with Crippen LogP contribution in [0, 0.1) is 0 Å². The van der Waals surface area contributed by atoms with Gasteiger partial charge in [0, 0.05) is 32.8 Å². The normalized spacial score (nSPS) is 22.0. The maximum Gasteiger partial charge on any atom is 0.234 e. The minimum Gasteiger partial charge on any atom is -0.385 e. The fraction of sp³-hybridized carbons (Fsp3) is 0.909. The Labute approximate surface area is 97.3 Å². The summed E-state index contributed by atoms with van der Waals surface area (Å²) in [5, 5.41) is 2.88. The van der Waals surface area contributed by atoms with Gasteiger partial charge in [-0.25, -0.2) is 0 Å². The number of piperidine rings is 1. The number of nitrogens with one attached hydrogen (secondary N) is 1. The number of carbonyl (C=O) groups is 1. The van der Waals surface area contributed by atoms with Crippen molar-refractivity contribution >= 4 is 5.91 Å². The lowest BCUT2D eigenvalue weighted by Gasteiger charge is -2.29. The van der Waals surface area contributed by atoms with E-state index in [0.717, 1.165) is 32.4 Å². The van der Waals surface area contributed by atoms with Gasteiger partial charge in [-0.2, -0.15) is 0 Å². The van der Waals surface area contributed by atoms with Gasteiger partial charge in [-0.05, 0) is 25.8 Å². The zero-order chi connectivity index (χ0) is 11.8. The van der Waals surface area contributed by atoms with Gasteiger partial charge in [0.05, 0.1) is 6.54 Å². The van der Waals surface area contributed by atoms with Crippen LogP contribution in [0.5, 0.6) is 0 Å². The molecule has 1 fully saturated rings. The third kappa shape index (κ3) is 5.44. The number of rotatable bonds is 6. The van der Waals surface area contributed by atoms with Gasteiger partial charge in [-0.1, -0.05) is 0 Å². The Balaban J connectivity index is 2.08. The third-order valence-electron chi connectivity index (χ3n) is 2.76. The Hall–Kier alpha value is -0.650. The summed E-state index contributed by atoms with van der Waals surface area (Å²) in [5.41, 5.74) is 5.85. The minimum atomic E-state index is 0.0882. The maximum absolute atomic E-state index is 11.5. The van der Waals surface area contributed by atoms with Crippen molar-refractivity contribution in [1.29, 1.82) is 0 Å². The molecular weight excluding hydrogens is 206 g/mol. The molecule has 0 saturated carbocycles. The smallest absolute Gasteiger partial charge is 0.234 e. The van der Waals surface area contributed by atoms with Crippen molar-refractivity contribution in [3.05, 3.63) is 0 Å². The lowest BCUT2D eigenvalue weighted by atomic mass is 10.1. The molecule has 0 aromatic heterocycles. The highest BCUT2D eigenvalue weighted by Crippen LogP contribution is 2.07. The molecule has 1 amide bonds. The van der Waals surface area contributed by atoms with Gasteiger partial charge in [0.15, 0.2) is 0 Å². The van der Waals surface area contributed by atoms with Crippen LogP contribution in [0.3, 0.4) is 0 Å². The number of hydrogen-bond donors (Lipinski definition) is 2. The number of carbonyl (C=O) groups excluding carboxylic acids is 1. The molecule has 1 saturated heterocycles. The van der Waals surface area contributed by atoms with Crippen LogP contribution < -0.4 is 11.1 Å². The van der Waals surface area contributed by atoms with E-state index in [9.17, 15) is 4.79 Å². The van der Waals surface area contributed by atoms with E-state index in [1.807, 2.05) is 0 Å². The number of amides is 1. The molecule has 3 N–H and O–H groups in total. The SMILES string of the molecule is COCCCNC(=O)CN1CCCC(N)C1. The van der Waals surface area contributed by atoms with Gasteiger partial charge in [-0.3, -0.25) is 9.69 Å². The monoisotopic (exact) mass is 229 g/mol.